The third-order valence-electron chi connectivity index (χ3n) is 4.14. The van der Waals surface area contributed by atoms with Crippen LogP contribution < -0.4 is 5.32 Å². The molecule has 1 aliphatic rings. The fraction of sp³-hybridized carbons (Fsp3) is 0.923. The van der Waals surface area contributed by atoms with Gasteiger partial charge in [-0.2, -0.15) is 0 Å². The van der Waals surface area contributed by atoms with Crippen LogP contribution in [0.3, 0.4) is 0 Å². The van der Waals surface area contributed by atoms with Crippen molar-refractivity contribution < 1.29 is 9.90 Å². The molecule has 16 heavy (non-hydrogen) atoms. The van der Waals surface area contributed by atoms with E-state index in [0.29, 0.717) is 11.8 Å². The molecule has 0 aromatic heterocycles. The van der Waals surface area contributed by atoms with Crippen LogP contribution in [0.4, 0.5) is 0 Å². The molecule has 3 atom stereocenters. The smallest absolute Gasteiger partial charge is 0.308 e. The molecule has 1 saturated carbocycles. The number of hydrogen-bond donors (Lipinski definition) is 2. The van der Waals surface area contributed by atoms with Gasteiger partial charge in [-0.05, 0) is 37.6 Å². The minimum atomic E-state index is -0.638. The predicted molar refractivity (Wildman–Crippen MR) is 65.4 cm³/mol. The van der Waals surface area contributed by atoms with Crippen LogP contribution >= 0.6 is 0 Å². The largest absolute Gasteiger partial charge is 0.481 e. The summed E-state index contributed by atoms with van der Waals surface area (Å²) in [5.41, 5.74) is -0.201. The number of aliphatic carboxylic acids is 1. The lowest BCUT2D eigenvalue weighted by Crippen LogP contribution is -2.59. The molecule has 0 aromatic carbocycles. The first-order chi connectivity index (χ1) is 7.44. The molecule has 0 heterocycles. The zero-order valence-electron chi connectivity index (χ0n) is 10.9. The lowest BCUT2D eigenvalue weighted by molar-refractivity contribution is -0.148. The van der Waals surface area contributed by atoms with Crippen LogP contribution in [0, 0.1) is 17.8 Å². The topological polar surface area (TPSA) is 49.3 Å². The van der Waals surface area contributed by atoms with E-state index in [1.165, 1.54) is 0 Å². The van der Waals surface area contributed by atoms with Crippen molar-refractivity contribution in [3.63, 3.8) is 0 Å². The normalized spacial score (nSPS) is 35.3. The molecule has 1 aliphatic carbocycles. The maximum absolute atomic E-state index is 11.5. The summed E-state index contributed by atoms with van der Waals surface area (Å²) < 4.78 is 0. The van der Waals surface area contributed by atoms with E-state index in [0.717, 1.165) is 25.8 Å². The van der Waals surface area contributed by atoms with Gasteiger partial charge in [-0.25, -0.2) is 0 Å². The minimum Gasteiger partial charge on any atom is -0.481 e. The Morgan fingerprint density at radius 1 is 1.56 bits per heavy atom. The predicted octanol–water partition coefficient (Wildman–Crippen LogP) is 2.51. The zero-order valence-corrected chi connectivity index (χ0v) is 10.9. The molecule has 2 N–H and O–H groups in total. The SMILES string of the molecule is CCNC1(C(C)C)CCC(C)CC1C(=O)O. The average molecular weight is 227 g/mol. The summed E-state index contributed by atoms with van der Waals surface area (Å²) in [5.74, 6) is 0.0186. The van der Waals surface area contributed by atoms with Gasteiger partial charge in [0.25, 0.3) is 0 Å². The van der Waals surface area contributed by atoms with Crippen molar-refractivity contribution in [2.45, 2.75) is 52.5 Å². The molecule has 0 radical (unpaired) electrons. The Kier molecular flexibility index (Phi) is 4.36. The van der Waals surface area contributed by atoms with Crippen LogP contribution in [-0.2, 0) is 4.79 Å². The Bertz CT molecular complexity index is 252. The van der Waals surface area contributed by atoms with Gasteiger partial charge in [0.05, 0.1) is 5.92 Å². The summed E-state index contributed by atoms with van der Waals surface area (Å²) in [6.45, 7) is 9.33. The maximum Gasteiger partial charge on any atom is 0.308 e. The summed E-state index contributed by atoms with van der Waals surface area (Å²) in [7, 11) is 0. The van der Waals surface area contributed by atoms with Gasteiger partial charge in [-0.15, -0.1) is 0 Å². The van der Waals surface area contributed by atoms with E-state index in [4.69, 9.17) is 0 Å². The molecule has 0 amide bonds. The van der Waals surface area contributed by atoms with Crippen molar-refractivity contribution in [2.24, 2.45) is 17.8 Å². The highest BCUT2D eigenvalue weighted by atomic mass is 16.4. The Hall–Kier alpha value is -0.570. The highest BCUT2D eigenvalue weighted by Gasteiger charge is 2.47. The molecule has 0 saturated heterocycles. The monoisotopic (exact) mass is 227 g/mol. The molecule has 3 nitrogen and oxygen atoms in total. The Morgan fingerprint density at radius 2 is 2.19 bits per heavy atom. The van der Waals surface area contributed by atoms with Crippen molar-refractivity contribution in [3.8, 4) is 0 Å². The van der Waals surface area contributed by atoms with Crippen LogP contribution in [0.2, 0.25) is 0 Å². The molecule has 1 rings (SSSR count). The van der Waals surface area contributed by atoms with E-state index in [-0.39, 0.29) is 11.5 Å². The lowest BCUT2D eigenvalue weighted by Gasteiger charge is -2.47. The molecular weight excluding hydrogens is 202 g/mol. The highest BCUT2D eigenvalue weighted by Crippen LogP contribution is 2.41. The van der Waals surface area contributed by atoms with Crippen LogP contribution in [0.15, 0.2) is 0 Å². The third-order valence-corrected chi connectivity index (χ3v) is 4.14. The van der Waals surface area contributed by atoms with Gasteiger partial charge >= 0.3 is 5.97 Å². The minimum absolute atomic E-state index is 0.201. The van der Waals surface area contributed by atoms with E-state index in [2.05, 4.69) is 33.0 Å². The molecular formula is C13H25NO2. The first kappa shape index (κ1) is 13.5. The Labute approximate surface area is 98.6 Å². The number of carboxylic acids is 1. The van der Waals surface area contributed by atoms with Gasteiger partial charge in [0.2, 0.25) is 0 Å². The van der Waals surface area contributed by atoms with Crippen molar-refractivity contribution >= 4 is 5.97 Å². The first-order valence-electron chi connectivity index (χ1n) is 6.41. The average Bonchev–Trinajstić information content (AvgIpc) is 2.20. The molecule has 94 valence electrons. The van der Waals surface area contributed by atoms with Gasteiger partial charge in [-0.1, -0.05) is 27.7 Å². The van der Waals surface area contributed by atoms with Crippen molar-refractivity contribution in [2.75, 3.05) is 6.54 Å². The lowest BCUT2D eigenvalue weighted by atomic mass is 9.64. The standard InChI is InChI=1S/C13H25NO2/c1-5-14-13(9(2)3)7-6-10(4)8-11(13)12(15)16/h9-11,14H,5-8H2,1-4H3,(H,15,16). The van der Waals surface area contributed by atoms with Crippen LogP contribution in [0.5, 0.6) is 0 Å². The summed E-state index contributed by atoms with van der Waals surface area (Å²) in [6.07, 6.45) is 2.92. The zero-order chi connectivity index (χ0) is 12.3. The Morgan fingerprint density at radius 3 is 2.62 bits per heavy atom. The second kappa shape index (κ2) is 5.17. The van der Waals surface area contributed by atoms with Gasteiger partial charge < -0.3 is 10.4 Å². The van der Waals surface area contributed by atoms with E-state index in [1.54, 1.807) is 0 Å². The molecule has 0 aliphatic heterocycles. The van der Waals surface area contributed by atoms with Crippen LogP contribution in [0.1, 0.15) is 47.0 Å². The summed E-state index contributed by atoms with van der Waals surface area (Å²) >= 11 is 0. The molecule has 0 spiro atoms. The quantitative estimate of drug-likeness (QED) is 0.776. The molecule has 0 bridgehead atoms. The van der Waals surface area contributed by atoms with Crippen molar-refractivity contribution in [1.29, 1.82) is 0 Å². The van der Waals surface area contributed by atoms with Gasteiger partial charge in [0.1, 0.15) is 0 Å². The van der Waals surface area contributed by atoms with Gasteiger partial charge in [0.15, 0.2) is 0 Å². The third kappa shape index (κ3) is 2.40. The number of rotatable bonds is 4. The summed E-state index contributed by atoms with van der Waals surface area (Å²) in [5, 5.41) is 12.9. The van der Waals surface area contributed by atoms with Crippen molar-refractivity contribution in [1.82, 2.24) is 5.32 Å². The highest BCUT2D eigenvalue weighted by molar-refractivity contribution is 5.72. The molecule has 0 aromatic rings. The number of hydrogen-bond acceptors (Lipinski definition) is 2. The number of carbonyl (C=O) groups is 1. The maximum atomic E-state index is 11.5. The van der Waals surface area contributed by atoms with Crippen LogP contribution in [-0.4, -0.2) is 23.2 Å². The van der Waals surface area contributed by atoms with Crippen LogP contribution in [0.25, 0.3) is 0 Å². The first-order valence-corrected chi connectivity index (χ1v) is 6.41. The van der Waals surface area contributed by atoms with E-state index >= 15 is 0 Å². The second-order valence-corrected chi connectivity index (χ2v) is 5.50. The molecule has 3 unspecified atom stereocenters. The summed E-state index contributed by atoms with van der Waals surface area (Å²) in [4.78, 5) is 11.5. The number of carboxylic acid groups (broad SMARTS) is 1. The molecule has 1 fully saturated rings. The van der Waals surface area contributed by atoms with Crippen molar-refractivity contribution in [3.05, 3.63) is 0 Å². The van der Waals surface area contributed by atoms with Gasteiger partial charge in [0, 0.05) is 5.54 Å². The van der Waals surface area contributed by atoms with E-state index in [9.17, 15) is 9.90 Å². The van der Waals surface area contributed by atoms with E-state index in [1.807, 2.05) is 0 Å². The second-order valence-electron chi connectivity index (χ2n) is 5.50. The Balaban J connectivity index is 2.98. The van der Waals surface area contributed by atoms with E-state index < -0.39 is 5.97 Å². The molecule has 3 heteroatoms. The fourth-order valence-corrected chi connectivity index (χ4v) is 3.15. The fourth-order valence-electron chi connectivity index (χ4n) is 3.15. The summed E-state index contributed by atoms with van der Waals surface area (Å²) in [6, 6.07) is 0. The number of nitrogens with one attached hydrogen (secondary N) is 1. The van der Waals surface area contributed by atoms with Gasteiger partial charge in [-0.3, -0.25) is 4.79 Å².